The molecule has 1 atom stereocenters. The molecule has 3 aromatic rings. The molecule has 1 aliphatic carbocycles. The maximum Gasteiger partial charge on any atom is 0.270 e. The summed E-state index contributed by atoms with van der Waals surface area (Å²) in [5.74, 6) is -0.418. The summed E-state index contributed by atoms with van der Waals surface area (Å²) in [6.07, 6.45) is 1.57. The zero-order valence-electron chi connectivity index (χ0n) is 13.3. The maximum atomic E-state index is 13.3. The molecule has 0 unspecified atom stereocenters. The highest BCUT2D eigenvalue weighted by Crippen LogP contribution is 2.31. The molecule has 1 amide bonds. The van der Waals surface area contributed by atoms with Crippen LogP contribution in [-0.4, -0.2) is 10.9 Å². The molecule has 0 radical (unpaired) electrons. The third-order valence-electron chi connectivity index (χ3n) is 4.64. The highest BCUT2D eigenvalue weighted by Gasteiger charge is 2.25. The van der Waals surface area contributed by atoms with Gasteiger partial charge in [0.25, 0.3) is 5.91 Å². The topological polar surface area (TPSA) is 42.0 Å². The number of halogens is 1. The van der Waals surface area contributed by atoms with Crippen molar-refractivity contribution in [3.05, 3.63) is 76.7 Å². The van der Waals surface area contributed by atoms with E-state index in [1.54, 1.807) is 12.1 Å². The summed E-state index contributed by atoms with van der Waals surface area (Å²) in [4.78, 5) is 17.1. The van der Waals surface area contributed by atoms with Crippen LogP contribution in [-0.2, 0) is 6.42 Å². The smallest absolute Gasteiger partial charge is 0.270 e. The van der Waals surface area contributed by atoms with Gasteiger partial charge in [-0.15, -0.1) is 0 Å². The molecule has 0 aliphatic heterocycles. The predicted molar refractivity (Wildman–Crippen MR) is 91.4 cm³/mol. The van der Waals surface area contributed by atoms with E-state index in [1.807, 2.05) is 37.3 Å². The molecular formula is C20H17FN2O. The fraction of sp³-hybridized carbons (Fsp3) is 0.200. The predicted octanol–water partition coefficient (Wildman–Crippen LogP) is 4.10. The Morgan fingerprint density at radius 1 is 1.21 bits per heavy atom. The van der Waals surface area contributed by atoms with E-state index >= 15 is 0 Å². The van der Waals surface area contributed by atoms with Crippen LogP contribution in [0.4, 0.5) is 4.39 Å². The van der Waals surface area contributed by atoms with Crippen LogP contribution in [0.15, 0.2) is 48.5 Å². The second-order valence-corrected chi connectivity index (χ2v) is 6.25. The lowest BCUT2D eigenvalue weighted by Crippen LogP contribution is -2.28. The zero-order chi connectivity index (χ0) is 16.7. The van der Waals surface area contributed by atoms with Crippen LogP contribution in [0.3, 0.4) is 0 Å². The number of nitrogens with one attached hydrogen (secondary N) is 1. The average Bonchev–Trinajstić information content (AvgIpc) is 2.96. The van der Waals surface area contributed by atoms with Crippen LogP contribution < -0.4 is 5.32 Å². The number of pyridine rings is 1. The lowest BCUT2D eigenvalue weighted by atomic mass is 10.1. The third kappa shape index (κ3) is 2.54. The summed E-state index contributed by atoms with van der Waals surface area (Å²) in [6, 6.07) is 14.3. The van der Waals surface area contributed by atoms with E-state index in [-0.39, 0.29) is 17.8 Å². The fourth-order valence-electron chi connectivity index (χ4n) is 3.43. The van der Waals surface area contributed by atoms with Gasteiger partial charge in [-0.05, 0) is 60.7 Å². The van der Waals surface area contributed by atoms with Gasteiger partial charge in [-0.3, -0.25) is 4.79 Å². The van der Waals surface area contributed by atoms with Crippen LogP contribution in [0.2, 0.25) is 0 Å². The summed E-state index contributed by atoms with van der Waals surface area (Å²) in [6.45, 7) is 1.98. The molecule has 4 heteroatoms. The van der Waals surface area contributed by atoms with Crippen molar-refractivity contribution in [2.45, 2.75) is 25.8 Å². The van der Waals surface area contributed by atoms with Crippen LogP contribution in [0, 0.1) is 12.7 Å². The van der Waals surface area contributed by atoms with Gasteiger partial charge in [-0.2, -0.15) is 0 Å². The first-order valence-electron chi connectivity index (χ1n) is 8.07. The molecule has 24 heavy (non-hydrogen) atoms. The second kappa shape index (κ2) is 5.71. The largest absolute Gasteiger partial charge is 0.344 e. The molecule has 0 saturated carbocycles. The third-order valence-corrected chi connectivity index (χ3v) is 4.64. The van der Waals surface area contributed by atoms with Gasteiger partial charge in [0.2, 0.25) is 0 Å². The van der Waals surface area contributed by atoms with Gasteiger partial charge in [0, 0.05) is 5.39 Å². The van der Waals surface area contributed by atoms with E-state index in [9.17, 15) is 9.18 Å². The van der Waals surface area contributed by atoms with Gasteiger partial charge >= 0.3 is 0 Å². The Morgan fingerprint density at radius 2 is 2.04 bits per heavy atom. The summed E-state index contributed by atoms with van der Waals surface area (Å²) in [5, 5.41) is 4.09. The van der Waals surface area contributed by atoms with Crippen LogP contribution in [0.1, 0.15) is 39.6 Å². The Kier molecular flexibility index (Phi) is 3.53. The molecular weight excluding hydrogens is 303 g/mol. The fourth-order valence-corrected chi connectivity index (χ4v) is 3.43. The Hall–Kier alpha value is -2.75. The quantitative estimate of drug-likeness (QED) is 0.772. The Balaban J connectivity index is 1.62. The first kappa shape index (κ1) is 14.8. The van der Waals surface area contributed by atoms with Crippen molar-refractivity contribution in [1.29, 1.82) is 0 Å². The van der Waals surface area contributed by atoms with Crippen LogP contribution >= 0.6 is 0 Å². The van der Waals surface area contributed by atoms with Crippen molar-refractivity contribution in [2.75, 3.05) is 0 Å². The first-order valence-corrected chi connectivity index (χ1v) is 8.07. The first-order chi connectivity index (χ1) is 11.6. The standard InChI is InChI=1S/C20H17FN2O/c1-12-10-19(22-17-5-3-2-4-15(12)17)20(24)23-18-9-6-13-11-14(21)7-8-16(13)18/h2-5,7-8,10-11,18H,6,9H2,1H3,(H,23,24)/t18-/m0/s1. The lowest BCUT2D eigenvalue weighted by Gasteiger charge is -2.14. The molecule has 3 nitrogen and oxygen atoms in total. The van der Waals surface area contributed by atoms with E-state index < -0.39 is 0 Å². The Labute approximate surface area is 139 Å². The normalized spacial score (nSPS) is 16.2. The zero-order valence-corrected chi connectivity index (χ0v) is 13.3. The minimum atomic E-state index is -0.229. The minimum Gasteiger partial charge on any atom is -0.344 e. The molecule has 1 heterocycles. The average molecular weight is 320 g/mol. The SMILES string of the molecule is Cc1cc(C(=O)N[C@H]2CCc3cc(F)ccc32)nc2ccccc12. The number of rotatable bonds is 2. The number of carbonyl (C=O) groups excluding carboxylic acids is 1. The highest BCUT2D eigenvalue weighted by atomic mass is 19.1. The van der Waals surface area contributed by atoms with Crippen molar-refractivity contribution < 1.29 is 9.18 Å². The number of aromatic nitrogens is 1. The summed E-state index contributed by atoms with van der Waals surface area (Å²) in [7, 11) is 0. The van der Waals surface area contributed by atoms with E-state index in [0.717, 1.165) is 40.4 Å². The van der Waals surface area contributed by atoms with Gasteiger partial charge in [0.1, 0.15) is 11.5 Å². The van der Waals surface area contributed by atoms with Gasteiger partial charge in [0.05, 0.1) is 11.6 Å². The molecule has 0 bridgehead atoms. The summed E-state index contributed by atoms with van der Waals surface area (Å²) in [5.41, 5.74) is 4.24. The van der Waals surface area contributed by atoms with E-state index in [4.69, 9.17) is 0 Å². The Morgan fingerprint density at radius 3 is 2.92 bits per heavy atom. The van der Waals surface area contributed by atoms with Crippen molar-refractivity contribution in [3.63, 3.8) is 0 Å². The monoisotopic (exact) mass is 320 g/mol. The van der Waals surface area contributed by atoms with Crippen LogP contribution in [0.25, 0.3) is 10.9 Å². The van der Waals surface area contributed by atoms with Gasteiger partial charge in [0.15, 0.2) is 0 Å². The minimum absolute atomic E-state index is 0.0818. The summed E-state index contributed by atoms with van der Waals surface area (Å²) >= 11 is 0. The van der Waals surface area contributed by atoms with Crippen molar-refractivity contribution in [3.8, 4) is 0 Å². The number of hydrogen-bond acceptors (Lipinski definition) is 2. The lowest BCUT2D eigenvalue weighted by molar-refractivity contribution is 0.0932. The number of aryl methyl sites for hydroxylation is 2. The molecule has 0 spiro atoms. The molecule has 0 fully saturated rings. The van der Waals surface area contributed by atoms with E-state index in [2.05, 4.69) is 10.3 Å². The number of amides is 1. The van der Waals surface area contributed by atoms with Crippen molar-refractivity contribution in [2.24, 2.45) is 0 Å². The number of carbonyl (C=O) groups is 1. The number of fused-ring (bicyclic) bond motifs is 2. The molecule has 0 saturated heterocycles. The number of hydrogen-bond donors (Lipinski definition) is 1. The number of benzene rings is 2. The molecule has 120 valence electrons. The molecule has 1 aromatic heterocycles. The van der Waals surface area contributed by atoms with Gasteiger partial charge in [-0.1, -0.05) is 24.3 Å². The molecule has 2 aromatic carbocycles. The molecule has 4 rings (SSSR count). The number of nitrogens with zero attached hydrogens (tertiary/aromatic N) is 1. The highest BCUT2D eigenvalue weighted by molar-refractivity contribution is 5.96. The molecule has 1 aliphatic rings. The maximum absolute atomic E-state index is 13.3. The summed E-state index contributed by atoms with van der Waals surface area (Å²) < 4.78 is 13.3. The van der Waals surface area contributed by atoms with Crippen molar-refractivity contribution >= 4 is 16.8 Å². The van der Waals surface area contributed by atoms with Crippen molar-refractivity contribution in [1.82, 2.24) is 10.3 Å². The second-order valence-electron chi connectivity index (χ2n) is 6.25. The van der Waals surface area contributed by atoms with Gasteiger partial charge in [-0.25, -0.2) is 9.37 Å². The van der Waals surface area contributed by atoms with Crippen LogP contribution in [0.5, 0.6) is 0 Å². The Bertz CT molecular complexity index is 952. The van der Waals surface area contributed by atoms with Gasteiger partial charge < -0.3 is 5.32 Å². The molecule has 1 N–H and O–H groups in total. The van der Waals surface area contributed by atoms with E-state index in [0.29, 0.717) is 5.69 Å². The number of para-hydroxylation sites is 1. The van der Waals surface area contributed by atoms with E-state index in [1.165, 1.54) is 6.07 Å².